The third kappa shape index (κ3) is 5.71. The predicted octanol–water partition coefficient (Wildman–Crippen LogP) is 4.23. The first-order chi connectivity index (χ1) is 14.1. The number of para-hydroxylation sites is 1. The van der Waals surface area contributed by atoms with Crippen molar-refractivity contribution < 1.29 is 9.59 Å². The van der Waals surface area contributed by atoms with Gasteiger partial charge in [0.2, 0.25) is 0 Å². The Labute approximate surface area is 176 Å². The number of carbonyl (C=O) groups is 2. The fraction of sp³-hybridized carbons (Fsp3) is 0.304. The standard InChI is InChI=1S/C23H27N3O2S/c1-3-26(4-2)15-7-14-24-22(27)18-12-10-17(11-13-18)16-21-23(28)25-19-8-5-6-9-20(19)29-21/h5-6,8-13,16H,3-4,7,14-15H2,1-2H3,(H,24,27)(H,25,28). The molecule has 0 bridgehead atoms. The number of nitrogens with one attached hydrogen (secondary N) is 2. The van der Waals surface area contributed by atoms with Gasteiger partial charge in [0.1, 0.15) is 0 Å². The first kappa shape index (κ1) is 21.1. The highest BCUT2D eigenvalue weighted by molar-refractivity contribution is 8.04. The minimum absolute atomic E-state index is 0.0672. The van der Waals surface area contributed by atoms with Crippen LogP contribution < -0.4 is 10.6 Å². The van der Waals surface area contributed by atoms with Crippen molar-refractivity contribution in [3.63, 3.8) is 0 Å². The van der Waals surface area contributed by atoms with Crippen molar-refractivity contribution in [3.8, 4) is 0 Å². The molecule has 3 rings (SSSR count). The summed E-state index contributed by atoms with van der Waals surface area (Å²) in [6.45, 7) is 8.01. The zero-order chi connectivity index (χ0) is 20.6. The third-order valence-electron chi connectivity index (χ3n) is 4.88. The SMILES string of the molecule is CCN(CC)CCCNC(=O)c1ccc(C=C2Sc3ccccc3NC2=O)cc1. The lowest BCUT2D eigenvalue weighted by Crippen LogP contribution is -2.29. The molecule has 0 saturated carbocycles. The monoisotopic (exact) mass is 409 g/mol. The van der Waals surface area contributed by atoms with Gasteiger partial charge in [-0.3, -0.25) is 9.59 Å². The number of anilines is 1. The van der Waals surface area contributed by atoms with Gasteiger partial charge in [-0.2, -0.15) is 0 Å². The van der Waals surface area contributed by atoms with E-state index in [0.29, 0.717) is 17.0 Å². The molecule has 2 aromatic rings. The smallest absolute Gasteiger partial charge is 0.262 e. The van der Waals surface area contributed by atoms with Crippen LogP contribution in [0.5, 0.6) is 0 Å². The normalized spacial score (nSPS) is 14.6. The van der Waals surface area contributed by atoms with E-state index in [4.69, 9.17) is 0 Å². The van der Waals surface area contributed by atoms with Gasteiger partial charge in [-0.15, -0.1) is 0 Å². The van der Waals surface area contributed by atoms with Crippen LogP contribution in [0.25, 0.3) is 6.08 Å². The Morgan fingerprint density at radius 1 is 1.10 bits per heavy atom. The molecule has 6 heteroatoms. The summed E-state index contributed by atoms with van der Waals surface area (Å²) >= 11 is 1.46. The van der Waals surface area contributed by atoms with Gasteiger partial charge in [0.05, 0.1) is 10.6 Å². The number of hydrogen-bond acceptors (Lipinski definition) is 4. The number of nitrogens with zero attached hydrogens (tertiary/aromatic N) is 1. The van der Waals surface area contributed by atoms with Crippen molar-refractivity contribution in [1.29, 1.82) is 0 Å². The average Bonchev–Trinajstić information content (AvgIpc) is 2.75. The molecular weight excluding hydrogens is 382 g/mol. The van der Waals surface area contributed by atoms with Crippen molar-refractivity contribution in [2.24, 2.45) is 0 Å². The van der Waals surface area contributed by atoms with Gasteiger partial charge in [-0.05, 0) is 62.0 Å². The van der Waals surface area contributed by atoms with Crippen LogP contribution in [0, 0.1) is 0 Å². The largest absolute Gasteiger partial charge is 0.352 e. The van der Waals surface area contributed by atoms with E-state index in [0.717, 1.165) is 42.2 Å². The Morgan fingerprint density at radius 3 is 2.55 bits per heavy atom. The van der Waals surface area contributed by atoms with E-state index in [1.165, 1.54) is 11.8 Å². The van der Waals surface area contributed by atoms with Gasteiger partial charge in [-0.1, -0.05) is 49.9 Å². The number of thioether (sulfide) groups is 1. The summed E-state index contributed by atoms with van der Waals surface area (Å²) in [5.41, 5.74) is 2.36. The van der Waals surface area contributed by atoms with E-state index < -0.39 is 0 Å². The Morgan fingerprint density at radius 2 is 1.83 bits per heavy atom. The number of hydrogen-bond donors (Lipinski definition) is 2. The summed E-state index contributed by atoms with van der Waals surface area (Å²) in [4.78, 5) is 28.6. The van der Waals surface area contributed by atoms with Gasteiger partial charge in [-0.25, -0.2) is 0 Å². The number of benzene rings is 2. The van der Waals surface area contributed by atoms with Crippen molar-refractivity contribution in [1.82, 2.24) is 10.2 Å². The zero-order valence-electron chi connectivity index (χ0n) is 16.9. The molecule has 0 atom stereocenters. The van der Waals surface area contributed by atoms with Gasteiger partial charge in [0.15, 0.2) is 0 Å². The maximum atomic E-state index is 12.3. The summed E-state index contributed by atoms with van der Waals surface area (Å²) in [7, 11) is 0. The fourth-order valence-corrected chi connectivity index (χ4v) is 4.08. The summed E-state index contributed by atoms with van der Waals surface area (Å²) in [6, 6.07) is 15.1. The molecular formula is C23H27N3O2S. The molecule has 0 spiro atoms. The number of fused-ring (bicyclic) bond motifs is 1. The quantitative estimate of drug-likeness (QED) is 0.506. The van der Waals surface area contributed by atoms with Crippen LogP contribution in [0.4, 0.5) is 5.69 Å². The molecule has 2 amide bonds. The van der Waals surface area contributed by atoms with Crippen LogP contribution in [0.3, 0.4) is 0 Å². The van der Waals surface area contributed by atoms with Crippen LogP contribution in [0.1, 0.15) is 36.2 Å². The van der Waals surface area contributed by atoms with Crippen LogP contribution >= 0.6 is 11.8 Å². The molecule has 0 fully saturated rings. The number of amides is 2. The highest BCUT2D eigenvalue weighted by Crippen LogP contribution is 2.38. The molecule has 0 aromatic heterocycles. The minimum atomic E-state index is -0.108. The Bertz CT molecular complexity index is 889. The molecule has 1 aliphatic heterocycles. The molecule has 2 aromatic carbocycles. The molecule has 0 aliphatic carbocycles. The lowest BCUT2D eigenvalue weighted by Gasteiger charge is -2.18. The Balaban J connectivity index is 1.57. The van der Waals surface area contributed by atoms with Crippen LogP contribution in [0.2, 0.25) is 0 Å². The first-order valence-electron chi connectivity index (χ1n) is 10.0. The van der Waals surface area contributed by atoms with E-state index in [-0.39, 0.29) is 11.8 Å². The number of carbonyl (C=O) groups excluding carboxylic acids is 2. The summed E-state index contributed by atoms with van der Waals surface area (Å²) < 4.78 is 0. The second-order valence-corrected chi connectivity index (χ2v) is 7.90. The zero-order valence-corrected chi connectivity index (χ0v) is 17.7. The lowest BCUT2D eigenvalue weighted by molar-refractivity contribution is -0.112. The molecule has 152 valence electrons. The second-order valence-electron chi connectivity index (χ2n) is 6.82. The maximum Gasteiger partial charge on any atom is 0.262 e. The van der Waals surface area contributed by atoms with Crippen LogP contribution in [0.15, 0.2) is 58.3 Å². The molecule has 0 radical (unpaired) electrons. The predicted molar refractivity (Wildman–Crippen MR) is 120 cm³/mol. The molecule has 2 N–H and O–H groups in total. The molecule has 1 aliphatic rings. The van der Waals surface area contributed by atoms with Gasteiger partial charge < -0.3 is 15.5 Å². The van der Waals surface area contributed by atoms with Crippen LogP contribution in [-0.2, 0) is 4.79 Å². The van der Waals surface area contributed by atoms with E-state index in [9.17, 15) is 9.59 Å². The van der Waals surface area contributed by atoms with Crippen molar-refractivity contribution in [3.05, 3.63) is 64.6 Å². The summed E-state index contributed by atoms with van der Waals surface area (Å²) in [5.74, 6) is -0.175. The Hall–Kier alpha value is -2.57. The van der Waals surface area contributed by atoms with E-state index >= 15 is 0 Å². The first-order valence-corrected chi connectivity index (χ1v) is 10.8. The molecule has 0 saturated heterocycles. The van der Waals surface area contributed by atoms with E-state index in [1.54, 1.807) is 12.1 Å². The minimum Gasteiger partial charge on any atom is -0.352 e. The number of rotatable bonds is 8. The van der Waals surface area contributed by atoms with E-state index in [1.807, 2.05) is 42.5 Å². The lowest BCUT2D eigenvalue weighted by atomic mass is 10.1. The molecule has 0 unspecified atom stereocenters. The maximum absolute atomic E-state index is 12.3. The molecule has 29 heavy (non-hydrogen) atoms. The van der Waals surface area contributed by atoms with Crippen molar-refractivity contribution in [2.75, 3.05) is 31.5 Å². The molecule has 5 nitrogen and oxygen atoms in total. The van der Waals surface area contributed by atoms with Crippen molar-refractivity contribution >= 4 is 35.3 Å². The fourth-order valence-electron chi connectivity index (χ4n) is 3.13. The summed E-state index contributed by atoms with van der Waals surface area (Å²) in [6.07, 6.45) is 2.78. The highest BCUT2D eigenvalue weighted by atomic mass is 32.2. The topological polar surface area (TPSA) is 61.4 Å². The average molecular weight is 410 g/mol. The van der Waals surface area contributed by atoms with Crippen molar-refractivity contribution in [2.45, 2.75) is 25.2 Å². The van der Waals surface area contributed by atoms with E-state index in [2.05, 4.69) is 29.4 Å². The van der Waals surface area contributed by atoms with Crippen LogP contribution in [-0.4, -0.2) is 42.9 Å². The van der Waals surface area contributed by atoms with Gasteiger partial charge in [0.25, 0.3) is 11.8 Å². The summed E-state index contributed by atoms with van der Waals surface area (Å²) in [5, 5.41) is 5.88. The third-order valence-corrected chi connectivity index (χ3v) is 5.98. The van der Waals surface area contributed by atoms with Gasteiger partial charge in [0, 0.05) is 17.0 Å². The highest BCUT2D eigenvalue weighted by Gasteiger charge is 2.20. The molecule has 1 heterocycles. The van der Waals surface area contributed by atoms with Gasteiger partial charge >= 0.3 is 0 Å². The Kier molecular flexibility index (Phi) is 7.49. The second kappa shape index (κ2) is 10.3.